The van der Waals surface area contributed by atoms with Crippen LogP contribution in [0.3, 0.4) is 0 Å². The van der Waals surface area contributed by atoms with Crippen molar-refractivity contribution in [1.82, 2.24) is 0 Å². The van der Waals surface area contributed by atoms with Crippen molar-refractivity contribution in [2.45, 2.75) is 13.5 Å². The Morgan fingerprint density at radius 3 is 2.62 bits per heavy atom. The molecule has 1 fully saturated rings. The second-order valence-electron chi connectivity index (χ2n) is 6.08. The number of rotatable bonds is 6. The Kier molecular flexibility index (Phi) is 5.54. The first-order valence-electron chi connectivity index (χ1n) is 8.65. The number of ether oxygens (including phenoxy) is 2. The highest BCUT2D eigenvalue weighted by Crippen LogP contribution is 2.27. The van der Waals surface area contributed by atoms with Crippen molar-refractivity contribution < 1.29 is 19.4 Å². The first-order chi connectivity index (χ1) is 11.8. The Labute approximate surface area is 143 Å². The summed E-state index contributed by atoms with van der Waals surface area (Å²) in [6.45, 7) is 8.10. The maximum absolute atomic E-state index is 5.69. The normalized spacial score (nSPS) is 15.3. The summed E-state index contributed by atoms with van der Waals surface area (Å²) in [5.41, 5.74) is 1.30. The smallest absolute Gasteiger partial charge is 0.274 e. The number of nitrogens with zero attached hydrogens (tertiary/aromatic N) is 1. The molecule has 2 heterocycles. The largest absolute Gasteiger partial charge is 0.493 e. The third-order valence-corrected chi connectivity index (χ3v) is 4.49. The van der Waals surface area contributed by atoms with Crippen LogP contribution in [0.1, 0.15) is 12.5 Å². The van der Waals surface area contributed by atoms with Gasteiger partial charge >= 0.3 is 0 Å². The van der Waals surface area contributed by atoms with Crippen molar-refractivity contribution in [2.75, 3.05) is 44.8 Å². The molecule has 1 aromatic carbocycles. The van der Waals surface area contributed by atoms with E-state index in [1.165, 1.54) is 11.4 Å². The minimum atomic E-state index is 0.652. The minimum absolute atomic E-state index is 0.652. The summed E-state index contributed by atoms with van der Waals surface area (Å²) in [6, 6.07) is 12.5. The Hall–Kier alpha value is -2.27. The van der Waals surface area contributed by atoms with Crippen LogP contribution >= 0.6 is 0 Å². The first kappa shape index (κ1) is 16.6. The van der Waals surface area contributed by atoms with Gasteiger partial charge in [-0.2, -0.15) is 0 Å². The molecular weight excluding hydrogens is 302 g/mol. The summed E-state index contributed by atoms with van der Waals surface area (Å²) >= 11 is 0. The number of benzene rings is 1. The zero-order valence-corrected chi connectivity index (χ0v) is 14.5. The number of pyridine rings is 1. The summed E-state index contributed by atoms with van der Waals surface area (Å²) < 4.78 is 11.0. The summed E-state index contributed by atoms with van der Waals surface area (Å²) in [5.74, 6) is 2.86. The molecule has 128 valence electrons. The second-order valence-corrected chi connectivity index (χ2v) is 6.08. The van der Waals surface area contributed by atoms with Crippen LogP contribution in [0.2, 0.25) is 0 Å². The van der Waals surface area contributed by atoms with Gasteiger partial charge in [-0.05, 0) is 31.2 Å². The predicted octanol–water partition coefficient (Wildman–Crippen LogP) is 0.813. The van der Waals surface area contributed by atoms with Crippen LogP contribution < -0.4 is 24.3 Å². The van der Waals surface area contributed by atoms with Crippen molar-refractivity contribution in [1.29, 1.82) is 0 Å². The van der Waals surface area contributed by atoms with Crippen molar-refractivity contribution in [3.8, 4) is 11.5 Å². The average Bonchev–Trinajstić information content (AvgIpc) is 2.64. The van der Waals surface area contributed by atoms with Crippen LogP contribution in [0, 0.1) is 0 Å². The highest BCUT2D eigenvalue weighted by Gasteiger charge is 2.26. The molecule has 0 unspecified atom stereocenters. The van der Waals surface area contributed by atoms with Gasteiger partial charge in [0.25, 0.3) is 5.82 Å². The van der Waals surface area contributed by atoms with Gasteiger partial charge in [-0.25, -0.2) is 4.98 Å². The number of hydrogen-bond acceptors (Lipinski definition) is 3. The molecule has 2 aromatic rings. The molecule has 5 nitrogen and oxygen atoms in total. The Morgan fingerprint density at radius 2 is 1.96 bits per heavy atom. The van der Waals surface area contributed by atoms with E-state index in [-0.39, 0.29) is 0 Å². The molecule has 1 saturated heterocycles. The quantitative estimate of drug-likeness (QED) is 0.853. The highest BCUT2D eigenvalue weighted by molar-refractivity contribution is 5.42. The molecule has 0 aliphatic carbocycles. The van der Waals surface area contributed by atoms with Crippen LogP contribution in [-0.4, -0.2) is 39.9 Å². The Balaban J connectivity index is 1.59. The van der Waals surface area contributed by atoms with Crippen molar-refractivity contribution in [3.63, 3.8) is 0 Å². The van der Waals surface area contributed by atoms with Gasteiger partial charge in [0.1, 0.15) is 32.7 Å². The van der Waals surface area contributed by atoms with Gasteiger partial charge in [-0.3, -0.25) is 4.90 Å². The molecule has 0 spiro atoms. The van der Waals surface area contributed by atoms with Gasteiger partial charge in [0.15, 0.2) is 11.5 Å². The standard InChI is InChI=1S/C19H25N3O2/c1-3-24-18-14-16(7-8-17(18)23-2)15-21-10-12-22(13-11-21)19-6-4-5-9-20-19/h4-9,14H,3,10-13,15H2,1-2H3/p+2. The number of nitrogens with one attached hydrogen (secondary N) is 2. The average molecular weight is 329 g/mol. The topological polar surface area (TPSA) is 40.3 Å². The number of quaternary nitrogens is 1. The van der Waals surface area contributed by atoms with Gasteiger partial charge < -0.3 is 14.4 Å². The van der Waals surface area contributed by atoms with E-state index < -0.39 is 0 Å². The minimum Gasteiger partial charge on any atom is -0.493 e. The molecule has 1 aliphatic heterocycles. The second kappa shape index (κ2) is 8.02. The van der Waals surface area contributed by atoms with Gasteiger partial charge in [-0.15, -0.1) is 0 Å². The SMILES string of the molecule is CCOc1cc(C[NH+]2CCN(c3cccc[nH+]3)CC2)ccc1OC. The van der Waals surface area contributed by atoms with Crippen molar-refractivity contribution in [2.24, 2.45) is 0 Å². The van der Waals surface area contributed by atoms with Crippen LogP contribution in [-0.2, 0) is 6.54 Å². The van der Waals surface area contributed by atoms with Crippen LogP contribution in [0.4, 0.5) is 5.82 Å². The van der Waals surface area contributed by atoms with E-state index in [9.17, 15) is 0 Å². The number of aromatic amines is 1. The summed E-state index contributed by atoms with van der Waals surface area (Å²) in [7, 11) is 1.68. The molecule has 1 aliphatic rings. The number of hydrogen-bond donors (Lipinski definition) is 1. The van der Waals surface area contributed by atoms with Gasteiger partial charge in [0, 0.05) is 11.6 Å². The van der Waals surface area contributed by atoms with Gasteiger partial charge in [0.05, 0.1) is 19.9 Å². The van der Waals surface area contributed by atoms with E-state index >= 15 is 0 Å². The molecule has 1 aromatic heterocycles. The summed E-state index contributed by atoms with van der Waals surface area (Å²) in [4.78, 5) is 7.35. The fraction of sp³-hybridized carbons (Fsp3) is 0.421. The lowest BCUT2D eigenvalue weighted by Crippen LogP contribution is -3.13. The third-order valence-electron chi connectivity index (χ3n) is 4.49. The van der Waals surface area contributed by atoms with Crippen LogP contribution in [0.25, 0.3) is 0 Å². The monoisotopic (exact) mass is 329 g/mol. The van der Waals surface area contributed by atoms with Crippen molar-refractivity contribution >= 4 is 5.82 Å². The van der Waals surface area contributed by atoms with E-state index in [1.54, 1.807) is 12.0 Å². The molecule has 0 radical (unpaired) electrons. The Morgan fingerprint density at radius 1 is 1.12 bits per heavy atom. The van der Waals surface area contributed by atoms with E-state index in [4.69, 9.17) is 9.47 Å². The number of anilines is 1. The molecular formula is C19H27N3O2+2. The highest BCUT2D eigenvalue weighted by atomic mass is 16.5. The molecule has 0 amide bonds. The van der Waals surface area contributed by atoms with E-state index in [0.717, 1.165) is 44.2 Å². The van der Waals surface area contributed by atoms with E-state index in [2.05, 4.69) is 34.1 Å². The number of methoxy groups -OCH3 is 1. The number of aromatic nitrogens is 1. The third kappa shape index (κ3) is 3.97. The van der Waals surface area contributed by atoms with Crippen LogP contribution in [0.5, 0.6) is 11.5 Å². The predicted molar refractivity (Wildman–Crippen MR) is 93.8 cm³/mol. The molecule has 24 heavy (non-hydrogen) atoms. The Bertz CT molecular complexity index is 640. The first-order valence-corrected chi connectivity index (χ1v) is 8.65. The van der Waals surface area contributed by atoms with E-state index in [0.29, 0.717) is 6.61 Å². The zero-order valence-electron chi connectivity index (χ0n) is 14.5. The summed E-state index contributed by atoms with van der Waals surface area (Å²) in [5, 5.41) is 0. The summed E-state index contributed by atoms with van der Waals surface area (Å²) in [6.07, 6.45) is 1.99. The lowest BCUT2D eigenvalue weighted by atomic mass is 10.1. The van der Waals surface area contributed by atoms with Gasteiger partial charge in [0.2, 0.25) is 0 Å². The maximum Gasteiger partial charge on any atom is 0.274 e. The van der Waals surface area contributed by atoms with E-state index in [1.807, 2.05) is 25.3 Å². The number of H-pyrrole nitrogens is 1. The molecule has 0 atom stereocenters. The fourth-order valence-electron chi connectivity index (χ4n) is 3.21. The zero-order chi connectivity index (χ0) is 16.8. The lowest BCUT2D eigenvalue weighted by molar-refractivity contribution is -0.914. The van der Waals surface area contributed by atoms with Gasteiger partial charge in [-0.1, -0.05) is 6.07 Å². The molecule has 3 rings (SSSR count). The molecule has 2 N–H and O–H groups in total. The molecule has 5 heteroatoms. The number of piperazine rings is 1. The molecule has 0 saturated carbocycles. The van der Waals surface area contributed by atoms with Crippen molar-refractivity contribution in [3.05, 3.63) is 48.2 Å². The van der Waals surface area contributed by atoms with Crippen LogP contribution in [0.15, 0.2) is 42.6 Å². The fourth-order valence-corrected chi connectivity index (χ4v) is 3.21. The lowest BCUT2D eigenvalue weighted by Gasteiger charge is -2.28. The molecule has 0 bridgehead atoms. The maximum atomic E-state index is 5.69.